The molecule has 0 amide bonds. The maximum atomic E-state index is 2.57. The minimum atomic E-state index is 1.18. The number of para-hydroxylation sites is 4. The molecule has 13 aromatic rings. The molecular formula is C46H25N3. The van der Waals surface area contributed by atoms with Crippen LogP contribution in [0.5, 0.6) is 0 Å². The molecule has 5 heterocycles. The first-order valence-electron chi connectivity index (χ1n) is 17.0. The zero-order chi connectivity index (χ0) is 31.5. The van der Waals surface area contributed by atoms with Crippen LogP contribution in [-0.4, -0.2) is 13.4 Å². The molecule has 0 bridgehead atoms. The Morgan fingerprint density at radius 3 is 1.69 bits per heavy atom. The fourth-order valence-electron chi connectivity index (χ4n) is 9.53. The molecule has 0 spiro atoms. The van der Waals surface area contributed by atoms with Crippen molar-refractivity contribution >= 4 is 109 Å². The summed E-state index contributed by atoms with van der Waals surface area (Å²) in [6.07, 6.45) is 0. The molecule has 0 aliphatic carbocycles. The van der Waals surface area contributed by atoms with Crippen molar-refractivity contribution in [2.75, 3.05) is 0 Å². The summed E-state index contributed by atoms with van der Waals surface area (Å²) in [5.74, 6) is 0. The smallest absolute Gasteiger partial charge is 0.0627 e. The van der Waals surface area contributed by atoms with E-state index in [0.717, 1.165) is 0 Å². The van der Waals surface area contributed by atoms with Gasteiger partial charge in [-0.2, -0.15) is 0 Å². The van der Waals surface area contributed by atoms with Gasteiger partial charge in [0.2, 0.25) is 0 Å². The van der Waals surface area contributed by atoms with Crippen LogP contribution in [0, 0.1) is 0 Å². The molecule has 0 saturated heterocycles. The number of hydrogen-bond donors (Lipinski definition) is 0. The maximum Gasteiger partial charge on any atom is 0.0627 e. The summed E-state index contributed by atoms with van der Waals surface area (Å²) in [6.45, 7) is 0. The van der Waals surface area contributed by atoms with Crippen LogP contribution in [0.15, 0.2) is 152 Å². The van der Waals surface area contributed by atoms with Crippen molar-refractivity contribution in [3.8, 4) is 5.69 Å². The summed E-state index contributed by atoms with van der Waals surface area (Å²) >= 11 is 0. The summed E-state index contributed by atoms with van der Waals surface area (Å²) in [5, 5.41) is 15.7. The van der Waals surface area contributed by atoms with E-state index in [2.05, 4.69) is 165 Å². The van der Waals surface area contributed by atoms with Gasteiger partial charge in [0.15, 0.2) is 0 Å². The van der Waals surface area contributed by atoms with E-state index in [1.54, 1.807) is 0 Å². The van der Waals surface area contributed by atoms with Crippen molar-refractivity contribution in [1.82, 2.24) is 13.4 Å². The Balaban J connectivity index is 1.29. The second-order valence-electron chi connectivity index (χ2n) is 13.7. The van der Waals surface area contributed by atoms with Gasteiger partial charge >= 0.3 is 0 Å². The first-order valence-corrected chi connectivity index (χ1v) is 17.0. The normalized spacial score (nSPS) is 12.9. The highest BCUT2D eigenvalue weighted by molar-refractivity contribution is 6.34. The average Bonchev–Trinajstić information content (AvgIpc) is 3.93. The summed E-state index contributed by atoms with van der Waals surface area (Å²) in [4.78, 5) is 0. The molecule has 5 aromatic heterocycles. The van der Waals surface area contributed by atoms with E-state index in [1.165, 1.54) is 114 Å². The second-order valence-corrected chi connectivity index (χ2v) is 13.7. The molecular weight excluding hydrogens is 595 g/mol. The lowest BCUT2D eigenvalue weighted by Crippen LogP contribution is -1.92. The van der Waals surface area contributed by atoms with E-state index in [9.17, 15) is 0 Å². The van der Waals surface area contributed by atoms with Gasteiger partial charge in [0.25, 0.3) is 0 Å². The van der Waals surface area contributed by atoms with Gasteiger partial charge in [0.05, 0.1) is 44.1 Å². The van der Waals surface area contributed by atoms with Crippen LogP contribution >= 0.6 is 0 Å². The number of aromatic nitrogens is 3. The minimum absolute atomic E-state index is 1.18. The molecule has 0 unspecified atom stereocenters. The van der Waals surface area contributed by atoms with Crippen LogP contribution in [-0.2, 0) is 0 Å². The Hall–Kier alpha value is -6.58. The zero-order valence-electron chi connectivity index (χ0n) is 26.3. The molecule has 0 atom stereocenters. The number of benzene rings is 8. The van der Waals surface area contributed by atoms with Gasteiger partial charge in [0, 0.05) is 59.5 Å². The lowest BCUT2D eigenvalue weighted by molar-refractivity contribution is 1.18. The quantitative estimate of drug-likeness (QED) is 0.174. The molecule has 224 valence electrons. The van der Waals surface area contributed by atoms with E-state index in [-0.39, 0.29) is 0 Å². The van der Waals surface area contributed by atoms with E-state index < -0.39 is 0 Å². The van der Waals surface area contributed by atoms with Crippen LogP contribution in [0.2, 0.25) is 0 Å². The topological polar surface area (TPSA) is 13.8 Å². The van der Waals surface area contributed by atoms with Gasteiger partial charge in [-0.15, -0.1) is 0 Å². The van der Waals surface area contributed by atoms with Gasteiger partial charge in [-0.05, 0) is 65.4 Å². The van der Waals surface area contributed by atoms with E-state index in [0.29, 0.717) is 0 Å². The standard InChI is InChI=1S/C46H25N3/c1-2-12-27(13-3-1)47-38-19-8-7-16-30(38)35-23-41-37(24-40(35)47)44-28-14-5-4-11-26(28)21-36-34-22-33-32-18-10-17-31-29-15-6-9-20-39(29)48(45(31)32)42(33)25-43(34)49(41)46(36)44/h1-25H. The van der Waals surface area contributed by atoms with Crippen LogP contribution < -0.4 is 0 Å². The van der Waals surface area contributed by atoms with E-state index in [4.69, 9.17) is 0 Å². The maximum absolute atomic E-state index is 2.57. The molecule has 3 heteroatoms. The number of nitrogens with zero attached hydrogens (tertiary/aromatic N) is 3. The first-order chi connectivity index (χ1) is 24.3. The zero-order valence-corrected chi connectivity index (χ0v) is 26.3. The Labute approximate surface area is 278 Å². The van der Waals surface area contributed by atoms with Crippen molar-refractivity contribution in [3.63, 3.8) is 0 Å². The van der Waals surface area contributed by atoms with Gasteiger partial charge in [0.1, 0.15) is 0 Å². The first kappa shape index (κ1) is 24.6. The number of fused-ring (bicyclic) bond motifs is 17. The average molecular weight is 620 g/mol. The highest BCUT2D eigenvalue weighted by Gasteiger charge is 2.25. The van der Waals surface area contributed by atoms with Crippen LogP contribution in [0.1, 0.15) is 0 Å². The predicted molar refractivity (Wildman–Crippen MR) is 208 cm³/mol. The monoisotopic (exact) mass is 619 g/mol. The van der Waals surface area contributed by atoms with Crippen molar-refractivity contribution < 1.29 is 0 Å². The third-order valence-electron chi connectivity index (χ3n) is 11.4. The summed E-state index contributed by atoms with van der Waals surface area (Å²) in [6, 6.07) is 56.5. The van der Waals surface area contributed by atoms with Crippen LogP contribution in [0.25, 0.3) is 114 Å². The van der Waals surface area contributed by atoms with E-state index >= 15 is 0 Å². The van der Waals surface area contributed by atoms with Gasteiger partial charge in [-0.1, -0.05) is 97.1 Å². The Morgan fingerprint density at radius 1 is 0.286 bits per heavy atom. The Kier molecular flexibility index (Phi) is 4.15. The summed E-state index contributed by atoms with van der Waals surface area (Å²) < 4.78 is 7.51. The van der Waals surface area contributed by atoms with E-state index in [1.807, 2.05) is 0 Å². The molecule has 0 radical (unpaired) electrons. The van der Waals surface area contributed by atoms with Crippen LogP contribution in [0.4, 0.5) is 0 Å². The Morgan fingerprint density at radius 2 is 0.857 bits per heavy atom. The van der Waals surface area contributed by atoms with Crippen molar-refractivity contribution in [1.29, 1.82) is 0 Å². The fraction of sp³-hybridized carbons (Fsp3) is 0. The summed E-state index contributed by atoms with van der Waals surface area (Å²) in [5.41, 5.74) is 11.3. The number of hydrogen-bond acceptors (Lipinski definition) is 0. The molecule has 0 N–H and O–H groups in total. The Bertz CT molecular complexity index is 3540. The molecule has 13 rings (SSSR count). The second kappa shape index (κ2) is 8.28. The molecule has 0 aliphatic heterocycles. The SMILES string of the molecule is c1ccc(-n2c3ccccc3c3cc4c(cc32)c2c3ccccc3cc3c5cc6c7cccc8c9ccccc9n(c6cc5n4c32)c87)cc1. The molecule has 8 aromatic carbocycles. The van der Waals surface area contributed by atoms with Crippen LogP contribution in [0.3, 0.4) is 0 Å². The number of rotatable bonds is 1. The molecule has 0 fully saturated rings. The third-order valence-corrected chi connectivity index (χ3v) is 11.4. The third kappa shape index (κ3) is 2.77. The van der Waals surface area contributed by atoms with Crippen molar-refractivity contribution in [2.24, 2.45) is 0 Å². The highest BCUT2D eigenvalue weighted by atomic mass is 15.0. The lowest BCUT2D eigenvalue weighted by Gasteiger charge is -2.08. The molecule has 49 heavy (non-hydrogen) atoms. The molecule has 0 saturated carbocycles. The fourth-order valence-corrected chi connectivity index (χ4v) is 9.53. The van der Waals surface area contributed by atoms with Crippen molar-refractivity contribution in [2.45, 2.75) is 0 Å². The molecule has 0 aliphatic rings. The predicted octanol–water partition coefficient (Wildman–Crippen LogP) is 12.2. The minimum Gasteiger partial charge on any atom is -0.309 e. The summed E-state index contributed by atoms with van der Waals surface area (Å²) in [7, 11) is 0. The van der Waals surface area contributed by atoms with Crippen molar-refractivity contribution in [3.05, 3.63) is 152 Å². The van der Waals surface area contributed by atoms with Gasteiger partial charge in [-0.25, -0.2) is 0 Å². The van der Waals surface area contributed by atoms with Gasteiger partial charge in [-0.3, -0.25) is 0 Å². The largest absolute Gasteiger partial charge is 0.309 e. The highest BCUT2D eigenvalue weighted by Crippen LogP contribution is 2.48. The lowest BCUT2D eigenvalue weighted by atomic mass is 9.99. The molecule has 3 nitrogen and oxygen atoms in total. The van der Waals surface area contributed by atoms with Gasteiger partial charge < -0.3 is 13.4 Å².